The van der Waals surface area contributed by atoms with Crippen LogP contribution in [0.25, 0.3) is 11.0 Å². The lowest BCUT2D eigenvalue weighted by Gasteiger charge is -2.10. The zero-order valence-electron chi connectivity index (χ0n) is 14.3. The molecule has 1 aromatic heterocycles. The Bertz CT molecular complexity index is 917. The van der Waals surface area contributed by atoms with Crippen LogP contribution >= 0.6 is 11.6 Å². The molecule has 1 N–H and O–H groups in total. The molecule has 1 amide bonds. The molecule has 0 atom stereocenters. The first-order chi connectivity index (χ1) is 11.4. The minimum atomic E-state index is -0.282. The molecule has 2 aromatic carbocycles. The standard InChI is InChI=1S/C20H20ClNO2/c1-5-14-6-7-17-15(10-14)13(4)19(24-17)20(23)22-18-12(3)8-11(2)9-16(18)21/h6-10H,5H2,1-4H3,(H,22,23). The van der Waals surface area contributed by atoms with Crippen LogP contribution in [-0.4, -0.2) is 5.91 Å². The highest BCUT2D eigenvalue weighted by atomic mass is 35.5. The molecule has 24 heavy (non-hydrogen) atoms. The van der Waals surface area contributed by atoms with Gasteiger partial charge in [-0.05, 0) is 62.1 Å². The fourth-order valence-corrected chi connectivity index (χ4v) is 3.32. The molecule has 0 unspecified atom stereocenters. The summed E-state index contributed by atoms with van der Waals surface area (Å²) in [6.45, 7) is 7.91. The Morgan fingerprint density at radius 3 is 2.58 bits per heavy atom. The molecule has 3 rings (SSSR count). The number of hydrogen-bond acceptors (Lipinski definition) is 2. The molecule has 0 fully saturated rings. The normalized spacial score (nSPS) is 11.0. The maximum absolute atomic E-state index is 12.7. The number of nitrogens with one attached hydrogen (secondary N) is 1. The quantitative estimate of drug-likeness (QED) is 0.651. The van der Waals surface area contributed by atoms with E-state index in [0.717, 1.165) is 34.1 Å². The van der Waals surface area contributed by atoms with E-state index in [2.05, 4.69) is 18.3 Å². The monoisotopic (exact) mass is 341 g/mol. The van der Waals surface area contributed by atoms with Crippen molar-refractivity contribution in [3.8, 4) is 0 Å². The molecule has 0 spiro atoms. The van der Waals surface area contributed by atoms with E-state index in [0.29, 0.717) is 16.5 Å². The van der Waals surface area contributed by atoms with Crippen LogP contribution in [0.5, 0.6) is 0 Å². The zero-order chi connectivity index (χ0) is 17.4. The predicted molar refractivity (Wildman–Crippen MR) is 99.2 cm³/mol. The Morgan fingerprint density at radius 2 is 1.92 bits per heavy atom. The number of benzene rings is 2. The molecule has 0 aliphatic carbocycles. The van der Waals surface area contributed by atoms with Crippen molar-refractivity contribution in [2.24, 2.45) is 0 Å². The number of anilines is 1. The first kappa shape index (κ1) is 16.6. The summed E-state index contributed by atoms with van der Waals surface area (Å²) in [6.07, 6.45) is 0.945. The summed E-state index contributed by atoms with van der Waals surface area (Å²) in [5, 5.41) is 4.40. The van der Waals surface area contributed by atoms with Crippen LogP contribution in [0.15, 0.2) is 34.7 Å². The minimum Gasteiger partial charge on any atom is -0.451 e. The highest BCUT2D eigenvalue weighted by Gasteiger charge is 2.19. The Hall–Kier alpha value is -2.26. The summed E-state index contributed by atoms with van der Waals surface area (Å²) >= 11 is 6.28. The fraction of sp³-hybridized carbons (Fsp3) is 0.250. The number of rotatable bonds is 3. The van der Waals surface area contributed by atoms with Crippen molar-refractivity contribution < 1.29 is 9.21 Å². The van der Waals surface area contributed by atoms with E-state index in [4.69, 9.17) is 16.0 Å². The van der Waals surface area contributed by atoms with Crippen LogP contribution < -0.4 is 5.32 Å². The number of carbonyl (C=O) groups is 1. The third-order valence-corrected chi connectivity index (χ3v) is 4.58. The van der Waals surface area contributed by atoms with Crippen molar-refractivity contribution >= 4 is 34.2 Å². The van der Waals surface area contributed by atoms with E-state index in [1.807, 2.05) is 45.0 Å². The van der Waals surface area contributed by atoms with Gasteiger partial charge in [0.05, 0.1) is 10.7 Å². The van der Waals surface area contributed by atoms with Crippen molar-refractivity contribution in [3.05, 3.63) is 63.4 Å². The fourth-order valence-electron chi connectivity index (χ4n) is 2.95. The van der Waals surface area contributed by atoms with E-state index in [1.165, 1.54) is 5.56 Å². The number of furan rings is 1. The lowest BCUT2D eigenvalue weighted by molar-refractivity contribution is 0.0998. The summed E-state index contributed by atoms with van der Waals surface area (Å²) in [5.41, 5.74) is 5.40. The van der Waals surface area contributed by atoms with Gasteiger partial charge < -0.3 is 9.73 Å². The van der Waals surface area contributed by atoms with E-state index in [9.17, 15) is 4.79 Å². The molecular weight excluding hydrogens is 322 g/mol. The molecule has 4 heteroatoms. The number of carbonyl (C=O) groups excluding carboxylic acids is 1. The maximum Gasteiger partial charge on any atom is 0.291 e. The topological polar surface area (TPSA) is 42.2 Å². The van der Waals surface area contributed by atoms with Crippen LogP contribution in [0.2, 0.25) is 5.02 Å². The number of halogens is 1. The Labute approximate surface area is 146 Å². The first-order valence-corrected chi connectivity index (χ1v) is 8.38. The summed E-state index contributed by atoms with van der Waals surface area (Å²) in [6, 6.07) is 9.84. The van der Waals surface area contributed by atoms with E-state index in [1.54, 1.807) is 0 Å². The third kappa shape index (κ3) is 2.92. The van der Waals surface area contributed by atoms with Crippen LogP contribution in [0.4, 0.5) is 5.69 Å². The summed E-state index contributed by atoms with van der Waals surface area (Å²) in [5.74, 6) is 0.0462. The summed E-state index contributed by atoms with van der Waals surface area (Å²) in [7, 11) is 0. The SMILES string of the molecule is CCc1ccc2oc(C(=O)Nc3c(C)cc(C)cc3Cl)c(C)c2c1. The van der Waals surface area contributed by atoms with Crippen molar-refractivity contribution in [1.82, 2.24) is 0 Å². The second-order valence-corrected chi connectivity index (χ2v) is 6.54. The average Bonchev–Trinajstić information content (AvgIpc) is 2.87. The Morgan fingerprint density at radius 1 is 1.17 bits per heavy atom. The van der Waals surface area contributed by atoms with Gasteiger partial charge in [-0.25, -0.2) is 0 Å². The summed E-state index contributed by atoms with van der Waals surface area (Å²) < 4.78 is 5.78. The van der Waals surface area contributed by atoms with Crippen molar-refractivity contribution in [2.45, 2.75) is 34.1 Å². The van der Waals surface area contributed by atoms with Crippen LogP contribution in [0.3, 0.4) is 0 Å². The lowest BCUT2D eigenvalue weighted by Crippen LogP contribution is -2.13. The van der Waals surface area contributed by atoms with Crippen molar-refractivity contribution in [3.63, 3.8) is 0 Å². The van der Waals surface area contributed by atoms with Gasteiger partial charge in [-0.15, -0.1) is 0 Å². The van der Waals surface area contributed by atoms with E-state index in [-0.39, 0.29) is 5.91 Å². The molecule has 1 heterocycles. The highest BCUT2D eigenvalue weighted by molar-refractivity contribution is 6.34. The molecule has 3 nitrogen and oxygen atoms in total. The minimum absolute atomic E-state index is 0.282. The molecule has 124 valence electrons. The number of fused-ring (bicyclic) bond motifs is 1. The predicted octanol–water partition coefficient (Wildman–Crippen LogP) is 5.83. The lowest BCUT2D eigenvalue weighted by atomic mass is 10.1. The number of hydrogen-bond donors (Lipinski definition) is 1. The largest absolute Gasteiger partial charge is 0.451 e. The third-order valence-electron chi connectivity index (χ3n) is 4.29. The van der Waals surface area contributed by atoms with Gasteiger partial charge in [0, 0.05) is 10.9 Å². The van der Waals surface area contributed by atoms with Crippen molar-refractivity contribution in [2.75, 3.05) is 5.32 Å². The Kier molecular flexibility index (Phi) is 4.37. The maximum atomic E-state index is 12.7. The van der Waals surface area contributed by atoms with Gasteiger partial charge in [0.15, 0.2) is 5.76 Å². The van der Waals surface area contributed by atoms with E-state index >= 15 is 0 Å². The van der Waals surface area contributed by atoms with Gasteiger partial charge in [-0.1, -0.05) is 30.7 Å². The molecule has 0 saturated heterocycles. The van der Waals surface area contributed by atoms with Crippen LogP contribution in [-0.2, 0) is 6.42 Å². The Balaban J connectivity index is 1.99. The second kappa shape index (κ2) is 6.33. The van der Waals surface area contributed by atoms with Crippen LogP contribution in [0, 0.1) is 20.8 Å². The van der Waals surface area contributed by atoms with E-state index < -0.39 is 0 Å². The van der Waals surface area contributed by atoms with Gasteiger partial charge in [0.25, 0.3) is 5.91 Å². The molecule has 3 aromatic rings. The molecule has 0 radical (unpaired) electrons. The molecule has 0 aliphatic heterocycles. The molecule has 0 bridgehead atoms. The van der Waals surface area contributed by atoms with Crippen molar-refractivity contribution in [1.29, 1.82) is 0 Å². The molecule has 0 aliphatic rings. The second-order valence-electron chi connectivity index (χ2n) is 6.13. The van der Waals surface area contributed by atoms with Crippen LogP contribution in [0.1, 0.15) is 39.7 Å². The smallest absolute Gasteiger partial charge is 0.291 e. The number of aryl methyl sites for hydroxylation is 4. The van der Waals surface area contributed by atoms with Gasteiger partial charge in [0.1, 0.15) is 5.58 Å². The van der Waals surface area contributed by atoms with Gasteiger partial charge in [-0.2, -0.15) is 0 Å². The first-order valence-electron chi connectivity index (χ1n) is 8.00. The molecular formula is C20H20ClNO2. The number of amides is 1. The zero-order valence-corrected chi connectivity index (χ0v) is 15.0. The summed E-state index contributed by atoms with van der Waals surface area (Å²) in [4.78, 5) is 12.7. The highest BCUT2D eigenvalue weighted by Crippen LogP contribution is 2.30. The average molecular weight is 342 g/mol. The van der Waals surface area contributed by atoms with Gasteiger partial charge in [0.2, 0.25) is 0 Å². The van der Waals surface area contributed by atoms with Gasteiger partial charge >= 0.3 is 0 Å². The molecule has 0 saturated carbocycles. The van der Waals surface area contributed by atoms with Gasteiger partial charge in [-0.3, -0.25) is 4.79 Å².